The zero-order valence-electron chi connectivity index (χ0n) is 11.8. The molecular weight excluding hydrogens is 276 g/mol. The maximum atomic E-state index is 12.1. The average molecular weight is 296 g/mol. The lowest BCUT2D eigenvalue weighted by atomic mass is 10.0. The van der Waals surface area contributed by atoms with Gasteiger partial charge in [-0.05, 0) is 37.8 Å². The van der Waals surface area contributed by atoms with Crippen LogP contribution in [0.2, 0.25) is 0 Å². The monoisotopic (exact) mass is 296 g/mol. The van der Waals surface area contributed by atoms with E-state index >= 15 is 0 Å². The zero-order valence-corrected chi connectivity index (χ0v) is 12.7. The first-order valence-corrected chi connectivity index (χ1v) is 7.69. The molecule has 1 saturated heterocycles. The molecule has 1 fully saturated rings. The zero-order chi connectivity index (χ0) is 14.5. The minimum Gasteiger partial charge on any atom is -0.465 e. The molecule has 0 bridgehead atoms. The number of likely N-dealkylation sites (tertiary alicyclic amines) is 1. The molecule has 5 nitrogen and oxygen atoms in total. The molecule has 1 aromatic heterocycles. The van der Waals surface area contributed by atoms with E-state index in [1.807, 2.05) is 0 Å². The predicted octanol–water partition coefficient (Wildman–Crippen LogP) is 2.35. The molecule has 0 aromatic carbocycles. The highest BCUT2D eigenvalue weighted by Crippen LogP contribution is 2.24. The molecule has 1 atom stereocenters. The van der Waals surface area contributed by atoms with Crippen molar-refractivity contribution in [1.82, 2.24) is 4.90 Å². The Labute approximate surface area is 122 Å². The molecule has 0 saturated carbocycles. The summed E-state index contributed by atoms with van der Waals surface area (Å²) >= 11 is 1.33. The Hall–Kier alpha value is -1.40. The van der Waals surface area contributed by atoms with Crippen LogP contribution in [-0.4, -0.2) is 43.0 Å². The Bertz CT molecular complexity index is 487. The van der Waals surface area contributed by atoms with Gasteiger partial charge in [0.25, 0.3) is 0 Å². The van der Waals surface area contributed by atoms with Gasteiger partial charge in [0, 0.05) is 6.04 Å². The number of nitrogens with zero attached hydrogens (tertiary/aromatic N) is 1. The summed E-state index contributed by atoms with van der Waals surface area (Å²) in [5.74, 6) is -0.501. The lowest BCUT2D eigenvalue weighted by Crippen LogP contribution is -2.42. The maximum Gasteiger partial charge on any atom is 0.340 e. The van der Waals surface area contributed by atoms with E-state index in [1.165, 1.54) is 24.9 Å². The summed E-state index contributed by atoms with van der Waals surface area (Å²) in [7, 11) is 1.33. The highest BCUT2D eigenvalue weighted by molar-refractivity contribution is 7.14. The molecule has 0 spiro atoms. The second kappa shape index (κ2) is 6.85. The summed E-state index contributed by atoms with van der Waals surface area (Å²) in [6, 6.07) is 2.10. The van der Waals surface area contributed by atoms with Gasteiger partial charge in [-0.2, -0.15) is 0 Å². The third-order valence-electron chi connectivity index (χ3n) is 3.61. The number of carbonyl (C=O) groups excluding carboxylic acids is 2. The number of esters is 1. The number of nitrogens with one attached hydrogen (secondary N) is 1. The lowest BCUT2D eigenvalue weighted by molar-refractivity contribution is -0.118. The van der Waals surface area contributed by atoms with Crippen molar-refractivity contribution in [2.45, 2.75) is 32.2 Å². The van der Waals surface area contributed by atoms with Gasteiger partial charge in [-0.1, -0.05) is 6.42 Å². The van der Waals surface area contributed by atoms with Crippen LogP contribution >= 0.6 is 11.3 Å². The van der Waals surface area contributed by atoms with E-state index in [1.54, 1.807) is 11.4 Å². The van der Waals surface area contributed by atoms with Gasteiger partial charge in [-0.25, -0.2) is 4.79 Å². The van der Waals surface area contributed by atoms with Crippen molar-refractivity contribution in [2.24, 2.45) is 0 Å². The summed E-state index contributed by atoms with van der Waals surface area (Å²) in [6.07, 6.45) is 3.51. The van der Waals surface area contributed by atoms with Crippen LogP contribution in [0.1, 0.15) is 36.5 Å². The highest BCUT2D eigenvalue weighted by atomic mass is 32.1. The minimum absolute atomic E-state index is 0.0775. The molecule has 0 radical (unpaired) electrons. The second-order valence-corrected chi connectivity index (χ2v) is 5.93. The van der Waals surface area contributed by atoms with E-state index in [2.05, 4.69) is 21.9 Å². The van der Waals surface area contributed by atoms with Gasteiger partial charge >= 0.3 is 5.97 Å². The molecule has 20 heavy (non-hydrogen) atoms. The van der Waals surface area contributed by atoms with Crippen molar-refractivity contribution < 1.29 is 14.3 Å². The lowest BCUT2D eigenvalue weighted by Gasteiger charge is -2.32. The molecule has 6 heteroatoms. The Morgan fingerprint density at radius 1 is 1.50 bits per heavy atom. The Balaban J connectivity index is 1.94. The van der Waals surface area contributed by atoms with Crippen LogP contribution in [0.5, 0.6) is 0 Å². The Kier molecular flexibility index (Phi) is 5.14. The summed E-state index contributed by atoms with van der Waals surface area (Å²) in [5, 5.41) is 5.14. The number of hydrogen-bond donors (Lipinski definition) is 1. The van der Waals surface area contributed by atoms with Gasteiger partial charge in [-0.3, -0.25) is 9.69 Å². The van der Waals surface area contributed by atoms with Crippen molar-refractivity contribution in [2.75, 3.05) is 25.5 Å². The molecule has 0 aliphatic carbocycles. The van der Waals surface area contributed by atoms with Crippen LogP contribution in [0.15, 0.2) is 11.4 Å². The fourth-order valence-electron chi connectivity index (χ4n) is 2.42. The normalized spacial score (nSPS) is 19.6. The van der Waals surface area contributed by atoms with Crippen molar-refractivity contribution in [3.8, 4) is 0 Å². The van der Waals surface area contributed by atoms with Crippen LogP contribution in [0, 0.1) is 0 Å². The SMILES string of the molecule is COC(=O)c1ccsc1NC(=O)CN1CCCCC1C. The Morgan fingerprint density at radius 2 is 2.30 bits per heavy atom. The standard InChI is InChI=1S/C14H20N2O3S/c1-10-5-3-4-7-16(10)9-12(17)15-13-11(6-8-20-13)14(18)19-2/h6,8,10H,3-5,7,9H2,1-2H3,(H,15,17). The third kappa shape index (κ3) is 3.58. The minimum atomic E-state index is -0.423. The number of ether oxygens (including phenoxy) is 1. The fraction of sp³-hybridized carbons (Fsp3) is 0.571. The highest BCUT2D eigenvalue weighted by Gasteiger charge is 2.22. The molecular formula is C14H20N2O3S. The fourth-order valence-corrected chi connectivity index (χ4v) is 3.21. The summed E-state index contributed by atoms with van der Waals surface area (Å²) in [6.45, 7) is 3.49. The van der Waals surface area contributed by atoms with Crippen LogP contribution in [0.4, 0.5) is 5.00 Å². The average Bonchev–Trinajstić information content (AvgIpc) is 2.88. The van der Waals surface area contributed by atoms with Gasteiger partial charge in [0.2, 0.25) is 5.91 Å². The topological polar surface area (TPSA) is 58.6 Å². The number of hydrogen-bond acceptors (Lipinski definition) is 5. The van der Waals surface area contributed by atoms with E-state index in [-0.39, 0.29) is 5.91 Å². The van der Waals surface area contributed by atoms with E-state index in [4.69, 9.17) is 0 Å². The summed E-state index contributed by atoms with van der Waals surface area (Å²) < 4.78 is 4.69. The van der Waals surface area contributed by atoms with E-state index in [9.17, 15) is 9.59 Å². The van der Waals surface area contributed by atoms with E-state index in [0.29, 0.717) is 23.2 Å². The molecule has 1 unspecified atom stereocenters. The van der Waals surface area contributed by atoms with Gasteiger partial charge < -0.3 is 10.1 Å². The number of methoxy groups -OCH3 is 1. The van der Waals surface area contributed by atoms with Crippen LogP contribution in [0.3, 0.4) is 0 Å². The number of amides is 1. The van der Waals surface area contributed by atoms with Crippen molar-refractivity contribution in [1.29, 1.82) is 0 Å². The van der Waals surface area contributed by atoms with Crippen LogP contribution in [0.25, 0.3) is 0 Å². The van der Waals surface area contributed by atoms with Gasteiger partial charge in [0.1, 0.15) is 5.00 Å². The van der Waals surface area contributed by atoms with Gasteiger partial charge in [0.15, 0.2) is 0 Å². The first-order valence-electron chi connectivity index (χ1n) is 6.81. The second-order valence-electron chi connectivity index (χ2n) is 5.02. The molecule has 1 aliphatic heterocycles. The predicted molar refractivity (Wildman–Crippen MR) is 79.2 cm³/mol. The van der Waals surface area contributed by atoms with Gasteiger partial charge in [-0.15, -0.1) is 11.3 Å². The number of carbonyl (C=O) groups is 2. The summed E-state index contributed by atoms with van der Waals surface area (Å²) in [4.78, 5) is 25.8. The molecule has 1 N–H and O–H groups in total. The smallest absolute Gasteiger partial charge is 0.340 e. The largest absolute Gasteiger partial charge is 0.465 e. The summed E-state index contributed by atoms with van der Waals surface area (Å²) in [5.41, 5.74) is 0.414. The van der Waals surface area contributed by atoms with Crippen molar-refractivity contribution in [3.63, 3.8) is 0 Å². The van der Waals surface area contributed by atoms with Crippen molar-refractivity contribution in [3.05, 3.63) is 17.0 Å². The molecule has 1 aromatic rings. The van der Waals surface area contributed by atoms with E-state index < -0.39 is 5.97 Å². The maximum absolute atomic E-state index is 12.1. The molecule has 2 rings (SSSR count). The van der Waals surface area contributed by atoms with Gasteiger partial charge in [0.05, 0.1) is 19.2 Å². The number of rotatable bonds is 4. The molecule has 110 valence electrons. The third-order valence-corrected chi connectivity index (χ3v) is 4.44. The number of piperidine rings is 1. The first kappa shape index (κ1) is 15.0. The quantitative estimate of drug-likeness (QED) is 0.867. The first-order chi connectivity index (χ1) is 9.61. The van der Waals surface area contributed by atoms with Crippen LogP contribution < -0.4 is 5.32 Å². The van der Waals surface area contributed by atoms with E-state index in [0.717, 1.165) is 19.4 Å². The van der Waals surface area contributed by atoms with Crippen molar-refractivity contribution >= 4 is 28.2 Å². The molecule has 2 heterocycles. The number of thiophene rings is 1. The number of anilines is 1. The molecule has 1 aliphatic rings. The Morgan fingerprint density at radius 3 is 3.00 bits per heavy atom. The molecule has 1 amide bonds. The van der Waals surface area contributed by atoms with Crippen LogP contribution in [-0.2, 0) is 9.53 Å².